The van der Waals surface area contributed by atoms with E-state index in [1.54, 1.807) is 12.1 Å². The molecular weight excluding hydrogens is 337 g/mol. The first-order chi connectivity index (χ1) is 12.1. The van der Waals surface area contributed by atoms with E-state index in [1.807, 2.05) is 35.9 Å². The molecule has 1 aliphatic rings. The molecule has 0 atom stereocenters. The summed E-state index contributed by atoms with van der Waals surface area (Å²) < 4.78 is 16.2. The number of benzene rings is 2. The molecule has 0 spiro atoms. The first kappa shape index (κ1) is 16.2. The van der Waals surface area contributed by atoms with Crippen molar-refractivity contribution < 1.29 is 4.39 Å². The number of halogens is 2. The number of nitrogens with one attached hydrogen (secondary N) is 1. The van der Waals surface area contributed by atoms with Gasteiger partial charge in [-0.2, -0.15) is 5.10 Å². The van der Waals surface area contributed by atoms with Crippen molar-refractivity contribution >= 4 is 17.4 Å². The third kappa shape index (κ3) is 2.91. The molecule has 1 aromatic heterocycles. The molecule has 0 saturated carbocycles. The van der Waals surface area contributed by atoms with Crippen LogP contribution in [0.5, 0.6) is 0 Å². The molecule has 0 amide bonds. The Balaban J connectivity index is 1.93. The fourth-order valence-corrected chi connectivity index (χ4v) is 3.45. The minimum atomic E-state index is -0.249. The Hall–Kier alpha value is -2.33. The van der Waals surface area contributed by atoms with Gasteiger partial charge in [-0.05, 0) is 56.0 Å². The molecule has 0 saturated heterocycles. The lowest BCUT2D eigenvalue weighted by Gasteiger charge is -2.10. The summed E-state index contributed by atoms with van der Waals surface area (Å²) >= 11 is 6.31. The van der Waals surface area contributed by atoms with Crippen LogP contribution in [0.15, 0.2) is 42.5 Å². The number of nitrogens with zero attached hydrogens (tertiary/aromatic N) is 2. The van der Waals surface area contributed by atoms with Gasteiger partial charge in [0, 0.05) is 22.7 Å². The van der Waals surface area contributed by atoms with Crippen molar-refractivity contribution in [1.29, 1.82) is 0 Å². The lowest BCUT2D eigenvalue weighted by Crippen LogP contribution is -2.07. The summed E-state index contributed by atoms with van der Waals surface area (Å²) in [5, 5.41) is 8.93. The van der Waals surface area contributed by atoms with E-state index < -0.39 is 0 Å². The summed E-state index contributed by atoms with van der Waals surface area (Å²) in [5.41, 5.74) is 4.22. The van der Waals surface area contributed by atoms with E-state index >= 15 is 0 Å². The van der Waals surface area contributed by atoms with Crippen molar-refractivity contribution in [3.63, 3.8) is 0 Å². The molecule has 1 aliphatic heterocycles. The van der Waals surface area contributed by atoms with E-state index in [0.29, 0.717) is 16.3 Å². The number of fused-ring (bicyclic) bond motifs is 1. The minimum Gasteiger partial charge on any atom is -0.370 e. The largest absolute Gasteiger partial charge is 0.370 e. The lowest BCUT2D eigenvalue weighted by atomic mass is 10.0. The molecule has 25 heavy (non-hydrogen) atoms. The first-order valence-electron chi connectivity index (χ1n) is 8.52. The van der Waals surface area contributed by atoms with E-state index in [4.69, 9.17) is 16.7 Å². The van der Waals surface area contributed by atoms with Gasteiger partial charge < -0.3 is 5.32 Å². The number of hydrogen-bond donors (Lipinski definition) is 1. The Kier molecular flexibility index (Phi) is 4.22. The molecule has 2 heterocycles. The number of aryl methyl sites for hydroxylation is 1. The van der Waals surface area contributed by atoms with Gasteiger partial charge >= 0.3 is 0 Å². The molecular formula is C20H19ClFN3. The highest BCUT2D eigenvalue weighted by Gasteiger charge is 2.23. The summed E-state index contributed by atoms with van der Waals surface area (Å²) in [7, 11) is 0. The number of hydrogen-bond acceptors (Lipinski definition) is 2. The molecule has 3 nitrogen and oxygen atoms in total. The van der Waals surface area contributed by atoms with Crippen LogP contribution in [0.2, 0.25) is 5.02 Å². The molecule has 0 bridgehead atoms. The maximum atomic E-state index is 14.4. The van der Waals surface area contributed by atoms with Crippen molar-refractivity contribution in [2.24, 2.45) is 0 Å². The zero-order valence-corrected chi connectivity index (χ0v) is 14.8. The van der Waals surface area contributed by atoms with Crippen molar-refractivity contribution in [2.75, 3.05) is 11.9 Å². The van der Waals surface area contributed by atoms with Crippen LogP contribution in [-0.2, 0) is 6.42 Å². The summed E-state index contributed by atoms with van der Waals surface area (Å²) in [6.07, 6.45) is 3.02. The van der Waals surface area contributed by atoms with E-state index in [2.05, 4.69) is 5.32 Å². The standard InChI is InChI=1S/C20H19ClFN3/c1-13-9-10-14(12-17(13)21)25-20-16(7-4-5-11-23-20)19(24-25)15-6-2-3-8-18(15)22/h2-3,6,8-10,12,23H,4-5,7,11H2,1H3. The summed E-state index contributed by atoms with van der Waals surface area (Å²) in [5.74, 6) is 0.691. The second kappa shape index (κ2) is 6.52. The summed E-state index contributed by atoms with van der Waals surface area (Å²) in [6, 6.07) is 12.7. The van der Waals surface area contributed by atoms with E-state index in [0.717, 1.165) is 48.4 Å². The Morgan fingerprint density at radius 1 is 1.16 bits per heavy atom. The quantitative estimate of drug-likeness (QED) is 0.668. The molecule has 1 N–H and O–H groups in total. The van der Waals surface area contributed by atoms with Crippen LogP contribution in [0.3, 0.4) is 0 Å². The highest BCUT2D eigenvalue weighted by atomic mass is 35.5. The Bertz CT molecular complexity index is 933. The first-order valence-corrected chi connectivity index (χ1v) is 8.90. The van der Waals surface area contributed by atoms with Crippen LogP contribution in [0.1, 0.15) is 24.0 Å². The SMILES string of the molecule is Cc1ccc(-n2nc(-c3ccccc3F)c3c2NCCCC3)cc1Cl. The van der Waals surface area contributed by atoms with E-state index in [-0.39, 0.29) is 5.82 Å². The van der Waals surface area contributed by atoms with Gasteiger partial charge in [-0.25, -0.2) is 9.07 Å². The zero-order chi connectivity index (χ0) is 17.4. The topological polar surface area (TPSA) is 29.9 Å². The summed E-state index contributed by atoms with van der Waals surface area (Å²) in [6.45, 7) is 2.85. The van der Waals surface area contributed by atoms with Crippen LogP contribution in [0.4, 0.5) is 10.2 Å². The molecule has 0 fully saturated rings. The Morgan fingerprint density at radius 3 is 2.80 bits per heavy atom. The smallest absolute Gasteiger partial charge is 0.133 e. The average molecular weight is 356 g/mol. The molecule has 0 unspecified atom stereocenters. The predicted molar refractivity (Wildman–Crippen MR) is 100 cm³/mol. The van der Waals surface area contributed by atoms with Crippen LogP contribution in [0, 0.1) is 12.7 Å². The molecule has 4 rings (SSSR count). The van der Waals surface area contributed by atoms with E-state index in [1.165, 1.54) is 6.07 Å². The van der Waals surface area contributed by atoms with Crippen molar-refractivity contribution in [1.82, 2.24) is 9.78 Å². The van der Waals surface area contributed by atoms with Crippen molar-refractivity contribution in [2.45, 2.75) is 26.2 Å². The number of anilines is 1. The Labute approximate surface area is 151 Å². The van der Waals surface area contributed by atoms with Crippen LogP contribution in [-0.4, -0.2) is 16.3 Å². The molecule has 0 aliphatic carbocycles. The fourth-order valence-electron chi connectivity index (χ4n) is 3.27. The van der Waals surface area contributed by atoms with Gasteiger partial charge in [0.05, 0.1) is 5.69 Å². The lowest BCUT2D eigenvalue weighted by molar-refractivity contribution is 0.630. The van der Waals surface area contributed by atoms with Gasteiger partial charge in [0.1, 0.15) is 17.3 Å². The van der Waals surface area contributed by atoms with Crippen molar-refractivity contribution in [3.05, 3.63) is 64.4 Å². The van der Waals surface area contributed by atoms with Gasteiger partial charge in [-0.15, -0.1) is 0 Å². The van der Waals surface area contributed by atoms with Crippen LogP contribution < -0.4 is 5.32 Å². The van der Waals surface area contributed by atoms with Gasteiger partial charge in [0.25, 0.3) is 0 Å². The predicted octanol–water partition coefficient (Wildman–Crippen LogP) is 5.39. The summed E-state index contributed by atoms with van der Waals surface area (Å²) in [4.78, 5) is 0. The molecule has 3 aromatic rings. The minimum absolute atomic E-state index is 0.249. The second-order valence-electron chi connectivity index (χ2n) is 6.38. The fraction of sp³-hybridized carbons (Fsp3) is 0.250. The maximum Gasteiger partial charge on any atom is 0.133 e. The van der Waals surface area contributed by atoms with Gasteiger partial charge in [-0.1, -0.05) is 29.8 Å². The highest BCUT2D eigenvalue weighted by Crippen LogP contribution is 2.35. The Morgan fingerprint density at radius 2 is 2.00 bits per heavy atom. The highest BCUT2D eigenvalue weighted by molar-refractivity contribution is 6.31. The van der Waals surface area contributed by atoms with Crippen LogP contribution >= 0.6 is 11.6 Å². The van der Waals surface area contributed by atoms with Crippen molar-refractivity contribution in [3.8, 4) is 16.9 Å². The van der Waals surface area contributed by atoms with Gasteiger partial charge in [-0.3, -0.25) is 0 Å². The maximum absolute atomic E-state index is 14.4. The third-order valence-electron chi connectivity index (χ3n) is 4.66. The van der Waals surface area contributed by atoms with Gasteiger partial charge in [0.15, 0.2) is 0 Å². The molecule has 5 heteroatoms. The number of aromatic nitrogens is 2. The molecule has 0 radical (unpaired) electrons. The zero-order valence-electron chi connectivity index (χ0n) is 14.0. The third-order valence-corrected chi connectivity index (χ3v) is 5.07. The average Bonchev–Trinajstić information content (AvgIpc) is 2.79. The van der Waals surface area contributed by atoms with E-state index in [9.17, 15) is 4.39 Å². The van der Waals surface area contributed by atoms with Gasteiger partial charge in [0.2, 0.25) is 0 Å². The monoisotopic (exact) mass is 355 g/mol. The molecule has 2 aromatic carbocycles. The van der Waals surface area contributed by atoms with Crippen LogP contribution in [0.25, 0.3) is 16.9 Å². The second-order valence-corrected chi connectivity index (χ2v) is 6.79. The number of rotatable bonds is 2. The molecule has 128 valence electrons. The normalized spacial score (nSPS) is 13.9.